The number of rotatable bonds is 4. The smallest absolute Gasteiger partial charge is 0.444 e. The minimum absolute atomic E-state index is 0.0264. The number of carbonyl (C=O) groups excluding carboxylic acids is 2. The van der Waals surface area contributed by atoms with E-state index in [4.69, 9.17) is 4.74 Å². The van der Waals surface area contributed by atoms with E-state index in [9.17, 15) is 27.2 Å². The molecule has 0 atom stereocenters. The number of benzene rings is 1. The van der Waals surface area contributed by atoms with E-state index < -0.39 is 35.5 Å². The number of amides is 2. The molecule has 1 saturated heterocycles. The Balaban J connectivity index is 1.55. The summed E-state index contributed by atoms with van der Waals surface area (Å²) in [5.74, 6) is -1.67. The standard InChI is InChI=1S/C25H25F4IN4O4/c1-24(2,3)38-23(36)32-18-10-14(37-25(27,28)29)4-5-15(18)22(35)34-8-6-13(7-9-34)20-16-11-19(30)33-21(16)31-12-17(20)26/h4-5,10-13H,6-9H2,1-3H3,(H,31,33)(H,32,36). The number of aromatic nitrogens is 2. The van der Waals surface area contributed by atoms with E-state index >= 15 is 0 Å². The van der Waals surface area contributed by atoms with Gasteiger partial charge in [-0.2, -0.15) is 0 Å². The summed E-state index contributed by atoms with van der Waals surface area (Å²) >= 11 is 2.10. The molecular weight excluding hydrogens is 623 g/mol. The number of hydrogen-bond donors (Lipinski definition) is 2. The molecule has 0 spiro atoms. The van der Waals surface area contributed by atoms with Gasteiger partial charge in [-0.1, -0.05) is 0 Å². The highest BCUT2D eigenvalue weighted by molar-refractivity contribution is 14.1. The maximum Gasteiger partial charge on any atom is 0.573 e. The first-order chi connectivity index (χ1) is 17.7. The molecule has 1 aromatic carbocycles. The monoisotopic (exact) mass is 648 g/mol. The molecular formula is C25H25F4IN4O4. The number of H-pyrrole nitrogens is 1. The van der Waals surface area contributed by atoms with Gasteiger partial charge in [-0.05, 0) is 80.3 Å². The Hall–Kier alpha value is -3.10. The number of piperidine rings is 1. The van der Waals surface area contributed by atoms with E-state index in [0.717, 1.165) is 21.9 Å². The molecule has 13 heteroatoms. The number of alkyl halides is 3. The van der Waals surface area contributed by atoms with Gasteiger partial charge in [0.2, 0.25) is 0 Å². The minimum atomic E-state index is -4.96. The normalized spacial score (nSPS) is 15.0. The number of likely N-dealkylation sites (tertiary alicyclic amines) is 1. The van der Waals surface area contributed by atoms with E-state index in [2.05, 4.69) is 42.6 Å². The first-order valence-electron chi connectivity index (χ1n) is 11.7. The van der Waals surface area contributed by atoms with Crippen molar-refractivity contribution < 1.29 is 36.6 Å². The van der Waals surface area contributed by atoms with Crippen molar-refractivity contribution in [2.45, 2.75) is 51.5 Å². The fourth-order valence-corrected chi connectivity index (χ4v) is 4.99. The largest absolute Gasteiger partial charge is 0.573 e. The number of fused-ring (bicyclic) bond motifs is 1. The Morgan fingerprint density at radius 2 is 1.84 bits per heavy atom. The quantitative estimate of drug-likeness (QED) is 0.247. The van der Waals surface area contributed by atoms with Crippen molar-refractivity contribution in [3.05, 3.63) is 51.1 Å². The Morgan fingerprint density at radius 3 is 2.47 bits per heavy atom. The highest BCUT2D eigenvalue weighted by atomic mass is 127. The SMILES string of the molecule is CC(C)(C)OC(=O)Nc1cc(OC(F)(F)F)ccc1C(=O)N1CCC(c2c(F)cnc3[nH]c(I)cc23)CC1. The van der Waals surface area contributed by atoms with E-state index in [0.29, 0.717) is 29.4 Å². The molecule has 4 rings (SSSR count). The maximum absolute atomic E-state index is 14.8. The summed E-state index contributed by atoms with van der Waals surface area (Å²) < 4.78 is 63.1. The lowest BCUT2D eigenvalue weighted by Crippen LogP contribution is -2.38. The molecule has 0 saturated carbocycles. The van der Waals surface area contributed by atoms with Gasteiger partial charge in [0.25, 0.3) is 5.91 Å². The second-order valence-corrected chi connectivity index (χ2v) is 11.0. The lowest BCUT2D eigenvalue weighted by Gasteiger charge is -2.33. The number of anilines is 1. The van der Waals surface area contributed by atoms with Crippen molar-refractivity contribution in [3.8, 4) is 5.75 Å². The van der Waals surface area contributed by atoms with Crippen LogP contribution in [0.2, 0.25) is 0 Å². The van der Waals surface area contributed by atoms with Crippen LogP contribution in [0.4, 0.5) is 28.0 Å². The Kier molecular flexibility index (Phi) is 7.77. The van der Waals surface area contributed by atoms with Crippen LogP contribution < -0.4 is 10.1 Å². The molecule has 2 N–H and O–H groups in total. The van der Waals surface area contributed by atoms with Gasteiger partial charge in [0.1, 0.15) is 22.8 Å². The number of halogens is 5. The molecule has 1 aliphatic heterocycles. The maximum atomic E-state index is 14.8. The van der Waals surface area contributed by atoms with E-state index in [-0.39, 0.29) is 30.3 Å². The third kappa shape index (κ3) is 6.66. The number of pyridine rings is 1. The molecule has 0 radical (unpaired) electrons. The van der Waals surface area contributed by atoms with Crippen LogP contribution in [0.5, 0.6) is 5.75 Å². The summed E-state index contributed by atoms with van der Waals surface area (Å²) in [6, 6.07) is 4.92. The summed E-state index contributed by atoms with van der Waals surface area (Å²) in [5.41, 5.74) is 0.0467. The number of hydrogen-bond acceptors (Lipinski definition) is 5. The van der Waals surface area contributed by atoms with Crippen LogP contribution in [-0.2, 0) is 4.74 Å². The average Bonchev–Trinajstić information content (AvgIpc) is 3.17. The fraction of sp³-hybridized carbons (Fsp3) is 0.400. The molecule has 1 aliphatic rings. The van der Waals surface area contributed by atoms with Crippen molar-refractivity contribution in [2.24, 2.45) is 0 Å². The lowest BCUT2D eigenvalue weighted by molar-refractivity contribution is -0.274. The van der Waals surface area contributed by atoms with Crippen LogP contribution in [-0.4, -0.2) is 51.9 Å². The molecule has 1 fully saturated rings. The van der Waals surface area contributed by atoms with Gasteiger partial charge < -0.3 is 19.4 Å². The van der Waals surface area contributed by atoms with Gasteiger partial charge in [0, 0.05) is 30.1 Å². The van der Waals surface area contributed by atoms with Crippen molar-refractivity contribution in [1.29, 1.82) is 0 Å². The second-order valence-electron chi connectivity index (χ2n) is 9.85. The van der Waals surface area contributed by atoms with Gasteiger partial charge in [-0.15, -0.1) is 13.2 Å². The zero-order valence-corrected chi connectivity index (χ0v) is 22.9. The van der Waals surface area contributed by atoms with Crippen LogP contribution in [0, 0.1) is 9.52 Å². The molecule has 3 aromatic rings. The minimum Gasteiger partial charge on any atom is -0.444 e. The Labute approximate surface area is 229 Å². The zero-order chi connectivity index (χ0) is 27.8. The number of nitrogens with zero attached hydrogens (tertiary/aromatic N) is 2. The van der Waals surface area contributed by atoms with Gasteiger partial charge in [-0.25, -0.2) is 14.2 Å². The number of ether oxygens (including phenoxy) is 2. The first kappa shape index (κ1) is 27.9. The fourth-order valence-electron chi connectivity index (χ4n) is 4.42. The first-order valence-corrected chi connectivity index (χ1v) is 12.8. The van der Waals surface area contributed by atoms with Crippen molar-refractivity contribution in [3.63, 3.8) is 0 Å². The molecule has 2 aromatic heterocycles. The third-order valence-corrected chi connectivity index (χ3v) is 6.48. The molecule has 3 heterocycles. The third-order valence-electron chi connectivity index (χ3n) is 5.90. The van der Waals surface area contributed by atoms with Crippen molar-refractivity contribution in [2.75, 3.05) is 18.4 Å². The number of carbonyl (C=O) groups is 2. The molecule has 8 nitrogen and oxygen atoms in total. The summed E-state index contributed by atoms with van der Waals surface area (Å²) in [4.78, 5) is 34.4. The Morgan fingerprint density at radius 1 is 1.16 bits per heavy atom. The summed E-state index contributed by atoms with van der Waals surface area (Å²) in [6.45, 7) is 5.43. The molecule has 0 unspecified atom stereocenters. The number of nitrogens with one attached hydrogen (secondary N) is 2. The van der Waals surface area contributed by atoms with Crippen LogP contribution in [0.3, 0.4) is 0 Å². The lowest BCUT2D eigenvalue weighted by atomic mass is 9.87. The molecule has 0 aliphatic carbocycles. The van der Waals surface area contributed by atoms with Crippen LogP contribution >= 0.6 is 22.6 Å². The summed E-state index contributed by atoms with van der Waals surface area (Å²) in [6.07, 6.45) is -3.78. The van der Waals surface area contributed by atoms with Gasteiger partial charge >= 0.3 is 12.5 Å². The van der Waals surface area contributed by atoms with Gasteiger partial charge in [0.05, 0.1) is 21.1 Å². The summed E-state index contributed by atoms with van der Waals surface area (Å²) in [7, 11) is 0. The Bertz CT molecular complexity index is 1360. The molecule has 2 amide bonds. The zero-order valence-electron chi connectivity index (χ0n) is 20.7. The van der Waals surface area contributed by atoms with E-state index in [1.807, 2.05) is 6.07 Å². The van der Waals surface area contributed by atoms with Crippen molar-refractivity contribution >= 4 is 51.3 Å². The second kappa shape index (κ2) is 10.6. The van der Waals surface area contributed by atoms with Gasteiger partial charge in [-0.3, -0.25) is 10.1 Å². The molecule has 204 valence electrons. The van der Waals surface area contributed by atoms with Gasteiger partial charge in [0.15, 0.2) is 0 Å². The number of aromatic amines is 1. The van der Waals surface area contributed by atoms with Crippen LogP contribution in [0.25, 0.3) is 11.0 Å². The van der Waals surface area contributed by atoms with E-state index in [1.165, 1.54) is 11.1 Å². The summed E-state index contributed by atoms with van der Waals surface area (Å²) in [5, 5.41) is 3.06. The molecule has 38 heavy (non-hydrogen) atoms. The topological polar surface area (TPSA) is 96.5 Å². The average molecular weight is 648 g/mol. The van der Waals surface area contributed by atoms with Crippen LogP contribution in [0.1, 0.15) is 55.5 Å². The van der Waals surface area contributed by atoms with Crippen LogP contribution in [0.15, 0.2) is 30.5 Å². The predicted octanol–water partition coefficient (Wildman–Crippen LogP) is 6.57. The predicted molar refractivity (Wildman–Crippen MR) is 140 cm³/mol. The highest BCUT2D eigenvalue weighted by Gasteiger charge is 2.33. The highest BCUT2D eigenvalue weighted by Crippen LogP contribution is 2.36. The van der Waals surface area contributed by atoms with E-state index in [1.54, 1.807) is 20.8 Å². The van der Waals surface area contributed by atoms with Crippen molar-refractivity contribution in [1.82, 2.24) is 14.9 Å². The molecule has 0 bridgehead atoms.